The van der Waals surface area contributed by atoms with Gasteiger partial charge in [0.05, 0.1) is 0 Å². The molecule has 1 amide bonds. The molecule has 130 valence electrons. The van der Waals surface area contributed by atoms with Crippen molar-refractivity contribution in [3.8, 4) is 0 Å². The minimum absolute atomic E-state index is 0. The number of unbranched alkanes of at least 4 members (excludes halogenated alkanes) is 3. The Labute approximate surface area is 152 Å². The van der Waals surface area contributed by atoms with Gasteiger partial charge in [0, 0.05) is 26.2 Å². The van der Waals surface area contributed by atoms with Crippen molar-refractivity contribution in [1.29, 1.82) is 0 Å². The van der Waals surface area contributed by atoms with Gasteiger partial charge in [-0.25, -0.2) is 4.99 Å². The predicted octanol–water partition coefficient (Wildman–Crippen LogP) is 2.75. The van der Waals surface area contributed by atoms with Crippen molar-refractivity contribution in [3.05, 3.63) is 0 Å². The van der Waals surface area contributed by atoms with E-state index in [9.17, 15) is 4.79 Å². The number of nitrogens with zero attached hydrogens (tertiary/aromatic N) is 2. The molecule has 1 fully saturated rings. The van der Waals surface area contributed by atoms with Gasteiger partial charge in [-0.1, -0.05) is 26.2 Å². The van der Waals surface area contributed by atoms with E-state index in [4.69, 9.17) is 0 Å². The molecule has 5 nitrogen and oxygen atoms in total. The van der Waals surface area contributed by atoms with Gasteiger partial charge in [0.1, 0.15) is 6.54 Å². The van der Waals surface area contributed by atoms with Gasteiger partial charge in [0.25, 0.3) is 0 Å². The number of carbonyl (C=O) groups excluding carboxylic acids is 1. The molecule has 1 aliphatic rings. The molecule has 1 aliphatic heterocycles. The third-order valence-electron chi connectivity index (χ3n) is 3.75. The molecule has 1 rings (SSSR count). The van der Waals surface area contributed by atoms with E-state index in [2.05, 4.69) is 22.5 Å². The van der Waals surface area contributed by atoms with Gasteiger partial charge in [-0.05, 0) is 32.6 Å². The molecule has 6 heteroatoms. The van der Waals surface area contributed by atoms with Gasteiger partial charge < -0.3 is 15.5 Å². The van der Waals surface area contributed by atoms with Crippen LogP contribution in [0.2, 0.25) is 0 Å². The number of carbonyl (C=O) groups is 1. The lowest BCUT2D eigenvalue weighted by atomic mass is 10.1. The number of hydrogen-bond donors (Lipinski definition) is 2. The van der Waals surface area contributed by atoms with Crippen molar-refractivity contribution in [2.24, 2.45) is 4.99 Å². The van der Waals surface area contributed by atoms with Crippen LogP contribution in [0.3, 0.4) is 0 Å². The number of aliphatic imine (C=N–C) groups is 1. The highest BCUT2D eigenvalue weighted by atomic mass is 127. The molecular weight excluding hydrogens is 391 g/mol. The molecule has 0 unspecified atom stereocenters. The zero-order valence-electron chi connectivity index (χ0n) is 14.2. The SMILES string of the molecule is CCCCCCNC(=NCC(=O)N1CCCCC1)NCC.I. The van der Waals surface area contributed by atoms with Crippen LogP contribution in [-0.4, -0.2) is 49.5 Å². The quantitative estimate of drug-likeness (QED) is 0.273. The van der Waals surface area contributed by atoms with Crippen LogP contribution in [0, 0.1) is 0 Å². The summed E-state index contributed by atoms with van der Waals surface area (Å²) in [5.41, 5.74) is 0. The molecule has 0 bridgehead atoms. The maximum atomic E-state index is 12.1. The molecule has 0 atom stereocenters. The Bertz CT molecular complexity index is 317. The normalized spacial score (nSPS) is 15.2. The third kappa shape index (κ3) is 9.48. The summed E-state index contributed by atoms with van der Waals surface area (Å²) in [6.07, 6.45) is 8.43. The monoisotopic (exact) mass is 424 g/mol. The second kappa shape index (κ2) is 14.1. The number of piperidine rings is 1. The van der Waals surface area contributed by atoms with E-state index < -0.39 is 0 Å². The Balaban J connectivity index is 0.00000441. The summed E-state index contributed by atoms with van der Waals surface area (Å²) in [5.74, 6) is 0.914. The fraction of sp³-hybridized carbons (Fsp3) is 0.875. The molecule has 0 aliphatic carbocycles. The Morgan fingerprint density at radius 3 is 2.41 bits per heavy atom. The van der Waals surface area contributed by atoms with E-state index in [1.807, 2.05) is 11.8 Å². The van der Waals surface area contributed by atoms with E-state index >= 15 is 0 Å². The first-order valence-electron chi connectivity index (χ1n) is 8.57. The number of guanidine groups is 1. The highest BCUT2D eigenvalue weighted by molar-refractivity contribution is 14.0. The fourth-order valence-electron chi connectivity index (χ4n) is 2.49. The van der Waals surface area contributed by atoms with Gasteiger partial charge in [-0.3, -0.25) is 4.79 Å². The van der Waals surface area contributed by atoms with Crippen LogP contribution in [-0.2, 0) is 4.79 Å². The lowest BCUT2D eigenvalue weighted by molar-refractivity contribution is -0.130. The number of nitrogens with one attached hydrogen (secondary N) is 2. The molecule has 0 aromatic heterocycles. The van der Waals surface area contributed by atoms with Crippen LogP contribution in [0.15, 0.2) is 4.99 Å². The number of halogens is 1. The lowest BCUT2D eigenvalue weighted by Gasteiger charge is -2.26. The van der Waals surface area contributed by atoms with Crippen LogP contribution in [0.25, 0.3) is 0 Å². The molecular formula is C16H33IN4O. The highest BCUT2D eigenvalue weighted by Crippen LogP contribution is 2.08. The van der Waals surface area contributed by atoms with Crippen LogP contribution < -0.4 is 10.6 Å². The maximum Gasteiger partial charge on any atom is 0.244 e. The minimum Gasteiger partial charge on any atom is -0.357 e. The summed E-state index contributed by atoms with van der Waals surface area (Å²) in [7, 11) is 0. The first-order valence-corrected chi connectivity index (χ1v) is 8.57. The van der Waals surface area contributed by atoms with E-state index in [1.54, 1.807) is 0 Å². The first kappa shape index (κ1) is 21.5. The number of rotatable bonds is 8. The van der Waals surface area contributed by atoms with E-state index in [-0.39, 0.29) is 36.4 Å². The number of hydrogen-bond acceptors (Lipinski definition) is 2. The molecule has 22 heavy (non-hydrogen) atoms. The molecule has 0 saturated carbocycles. The van der Waals surface area contributed by atoms with Crippen LogP contribution in [0.1, 0.15) is 58.8 Å². The fourth-order valence-corrected chi connectivity index (χ4v) is 2.49. The molecule has 0 spiro atoms. The molecule has 0 aromatic carbocycles. The van der Waals surface area contributed by atoms with Crippen molar-refractivity contribution in [1.82, 2.24) is 15.5 Å². The van der Waals surface area contributed by atoms with Crippen molar-refractivity contribution < 1.29 is 4.79 Å². The molecule has 1 saturated heterocycles. The second-order valence-corrected chi connectivity index (χ2v) is 5.62. The Kier molecular flexibility index (Phi) is 13.7. The average molecular weight is 424 g/mol. The molecule has 2 N–H and O–H groups in total. The summed E-state index contributed by atoms with van der Waals surface area (Å²) in [6.45, 7) is 8.04. The largest absolute Gasteiger partial charge is 0.357 e. The summed E-state index contributed by atoms with van der Waals surface area (Å²) in [4.78, 5) is 18.4. The maximum absolute atomic E-state index is 12.1. The summed E-state index contributed by atoms with van der Waals surface area (Å²) < 4.78 is 0. The van der Waals surface area contributed by atoms with Crippen molar-refractivity contribution in [2.45, 2.75) is 58.8 Å². The lowest BCUT2D eigenvalue weighted by Crippen LogP contribution is -2.40. The number of likely N-dealkylation sites (tertiary alicyclic amines) is 1. The third-order valence-corrected chi connectivity index (χ3v) is 3.75. The van der Waals surface area contributed by atoms with Crippen LogP contribution in [0.4, 0.5) is 0 Å². The molecule has 0 aromatic rings. The highest BCUT2D eigenvalue weighted by Gasteiger charge is 2.15. The minimum atomic E-state index is 0. The first-order chi connectivity index (χ1) is 10.3. The Morgan fingerprint density at radius 2 is 1.77 bits per heavy atom. The van der Waals surface area contributed by atoms with Crippen molar-refractivity contribution in [2.75, 3.05) is 32.7 Å². The second-order valence-electron chi connectivity index (χ2n) is 5.62. The van der Waals surface area contributed by atoms with Crippen molar-refractivity contribution in [3.63, 3.8) is 0 Å². The van der Waals surface area contributed by atoms with E-state index in [1.165, 1.54) is 25.7 Å². The Hall–Kier alpha value is -0.530. The van der Waals surface area contributed by atoms with E-state index in [0.29, 0.717) is 0 Å². The smallest absolute Gasteiger partial charge is 0.244 e. The summed E-state index contributed by atoms with van der Waals surface area (Å²) in [6, 6.07) is 0. The summed E-state index contributed by atoms with van der Waals surface area (Å²) in [5, 5.41) is 6.51. The predicted molar refractivity (Wildman–Crippen MR) is 104 cm³/mol. The van der Waals surface area contributed by atoms with E-state index in [0.717, 1.165) is 51.4 Å². The average Bonchev–Trinajstić information content (AvgIpc) is 2.52. The zero-order valence-corrected chi connectivity index (χ0v) is 16.5. The van der Waals surface area contributed by atoms with Gasteiger partial charge in [-0.15, -0.1) is 24.0 Å². The standard InChI is InChI=1S/C16H32N4O.HI/c1-3-5-6-8-11-18-16(17-4-2)19-14-15(21)20-12-9-7-10-13-20;/h3-14H2,1-2H3,(H2,17,18,19);1H. The van der Waals surface area contributed by atoms with Gasteiger partial charge in [0.15, 0.2) is 5.96 Å². The molecule has 1 heterocycles. The van der Waals surface area contributed by atoms with Crippen LogP contribution in [0.5, 0.6) is 0 Å². The summed E-state index contributed by atoms with van der Waals surface area (Å²) >= 11 is 0. The van der Waals surface area contributed by atoms with Gasteiger partial charge in [0.2, 0.25) is 5.91 Å². The van der Waals surface area contributed by atoms with Gasteiger partial charge in [-0.2, -0.15) is 0 Å². The zero-order chi connectivity index (χ0) is 15.3. The van der Waals surface area contributed by atoms with Crippen LogP contribution >= 0.6 is 24.0 Å². The Morgan fingerprint density at radius 1 is 1.05 bits per heavy atom. The number of amides is 1. The van der Waals surface area contributed by atoms with Crippen molar-refractivity contribution >= 4 is 35.8 Å². The topological polar surface area (TPSA) is 56.7 Å². The van der Waals surface area contributed by atoms with Gasteiger partial charge >= 0.3 is 0 Å². The molecule has 0 radical (unpaired) electrons.